The highest BCUT2D eigenvalue weighted by molar-refractivity contribution is 9.10. The van der Waals surface area contributed by atoms with Crippen LogP contribution in [0.4, 0.5) is 4.39 Å². The molecule has 1 heterocycles. The van der Waals surface area contributed by atoms with Gasteiger partial charge in [0.15, 0.2) is 0 Å². The summed E-state index contributed by atoms with van der Waals surface area (Å²) in [5.74, 6) is -0.173. The largest absolute Gasteiger partial charge is 0.311 e. The van der Waals surface area contributed by atoms with E-state index in [1.807, 2.05) is 6.07 Å². The Bertz CT molecular complexity index is 425. The van der Waals surface area contributed by atoms with Gasteiger partial charge < -0.3 is 5.32 Å². The highest BCUT2D eigenvalue weighted by Gasteiger charge is 2.25. The van der Waals surface area contributed by atoms with E-state index in [-0.39, 0.29) is 5.82 Å². The van der Waals surface area contributed by atoms with E-state index >= 15 is 0 Å². The first-order chi connectivity index (χ1) is 9.11. The lowest BCUT2D eigenvalue weighted by Crippen LogP contribution is -2.54. The Morgan fingerprint density at radius 1 is 1.47 bits per heavy atom. The van der Waals surface area contributed by atoms with E-state index < -0.39 is 0 Å². The second kappa shape index (κ2) is 6.82. The Morgan fingerprint density at radius 3 is 3.00 bits per heavy atom. The summed E-state index contributed by atoms with van der Waals surface area (Å²) in [6, 6.07) is 6.34. The zero-order chi connectivity index (χ0) is 13.8. The average molecular weight is 329 g/mol. The predicted molar refractivity (Wildman–Crippen MR) is 80.7 cm³/mol. The molecule has 2 rings (SSSR count). The highest BCUT2D eigenvalue weighted by atomic mass is 79.9. The van der Waals surface area contributed by atoms with Gasteiger partial charge in [-0.1, -0.05) is 25.5 Å². The van der Waals surface area contributed by atoms with E-state index in [2.05, 4.69) is 40.0 Å². The topological polar surface area (TPSA) is 15.3 Å². The SMILES string of the molecule is CCCC1CNC(C)CN1Cc1cccc(F)c1Br. The van der Waals surface area contributed by atoms with Crippen LogP contribution in [0.3, 0.4) is 0 Å². The molecule has 1 aromatic rings. The van der Waals surface area contributed by atoms with Gasteiger partial charge in [-0.05, 0) is 40.9 Å². The van der Waals surface area contributed by atoms with Gasteiger partial charge in [-0.25, -0.2) is 4.39 Å². The molecule has 2 atom stereocenters. The molecule has 1 saturated heterocycles. The molecule has 0 aliphatic carbocycles. The summed E-state index contributed by atoms with van der Waals surface area (Å²) in [5, 5.41) is 3.53. The monoisotopic (exact) mass is 328 g/mol. The first kappa shape index (κ1) is 14.9. The van der Waals surface area contributed by atoms with Crippen LogP contribution in [0.1, 0.15) is 32.3 Å². The third-order valence-corrected chi connectivity index (χ3v) is 4.64. The Balaban J connectivity index is 2.11. The van der Waals surface area contributed by atoms with E-state index in [1.54, 1.807) is 6.07 Å². The number of benzene rings is 1. The van der Waals surface area contributed by atoms with Crippen molar-refractivity contribution in [3.8, 4) is 0 Å². The van der Waals surface area contributed by atoms with Crippen molar-refractivity contribution < 1.29 is 4.39 Å². The zero-order valence-corrected chi connectivity index (χ0v) is 13.2. The Labute approximate surface area is 123 Å². The molecule has 0 saturated carbocycles. The quantitative estimate of drug-likeness (QED) is 0.909. The lowest BCUT2D eigenvalue weighted by atomic mass is 10.0. The van der Waals surface area contributed by atoms with Crippen LogP contribution in [-0.4, -0.2) is 30.1 Å². The second-order valence-corrected chi connectivity index (χ2v) is 6.19. The van der Waals surface area contributed by atoms with Crippen LogP contribution in [0.15, 0.2) is 22.7 Å². The number of rotatable bonds is 4. The van der Waals surface area contributed by atoms with Crippen molar-refractivity contribution >= 4 is 15.9 Å². The number of nitrogens with zero attached hydrogens (tertiary/aromatic N) is 1. The minimum atomic E-state index is -0.173. The van der Waals surface area contributed by atoms with Crippen LogP contribution >= 0.6 is 15.9 Å². The Morgan fingerprint density at radius 2 is 2.26 bits per heavy atom. The molecule has 2 nitrogen and oxygen atoms in total. The molecule has 106 valence electrons. The molecule has 0 aromatic heterocycles. The smallest absolute Gasteiger partial charge is 0.137 e. The summed E-state index contributed by atoms with van der Waals surface area (Å²) in [7, 11) is 0. The summed E-state index contributed by atoms with van der Waals surface area (Å²) in [6.07, 6.45) is 2.37. The molecule has 0 radical (unpaired) electrons. The number of hydrogen-bond donors (Lipinski definition) is 1. The van der Waals surface area contributed by atoms with E-state index in [1.165, 1.54) is 18.9 Å². The van der Waals surface area contributed by atoms with Crippen molar-refractivity contribution in [1.29, 1.82) is 0 Å². The van der Waals surface area contributed by atoms with Gasteiger partial charge in [-0.15, -0.1) is 0 Å². The molecular formula is C15H22BrFN2. The molecule has 0 bridgehead atoms. The molecule has 0 spiro atoms. The molecule has 1 aliphatic rings. The van der Waals surface area contributed by atoms with Gasteiger partial charge in [0.1, 0.15) is 5.82 Å². The first-order valence-electron chi connectivity index (χ1n) is 7.02. The zero-order valence-electron chi connectivity index (χ0n) is 11.6. The summed E-state index contributed by atoms with van der Waals surface area (Å²) in [6.45, 7) is 7.29. The minimum absolute atomic E-state index is 0.173. The highest BCUT2D eigenvalue weighted by Crippen LogP contribution is 2.24. The van der Waals surface area contributed by atoms with Crippen molar-refractivity contribution in [2.75, 3.05) is 13.1 Å². The van der Waals surface area contributed by atoms with Gasteiger partial charge in [-0.3, -0.25) is 4.90 Å². The summed E-state index contributed by atoms with van der Waals surface area (Å²) in [4.78, 5) is 2.48. The number of hydrogen-bond acceptors (Lipinski definition) is 2. The van der Waals surface area contributed by atoms with Gasteiger partial charge in [-0.2, -0.15) is 0 Å². The summed E-state index contributed by atoms with van der Waals surface area (Å²) < 4.78 is 14.2. The lowest BCUT2D eigenvalue weighted by Gasteiger charge is -2.39. The van der Waals surface area contributed by atoms with E-state index in [9.17, 15) is 4.39 Å². The molecule has 1 aromatic carbocycles. The van der Waals surface area contributed by atoms with Crippen LogP contribution in [0.25, 0.3) is 0 Å². The molecule has 19 heavy (non-hydrogen) atoms. The second-order valence-electron chi connectivity index (χ2n) is 5.39. The lowest BCUT2D eigenvalue weighted by molar-refractivity contribution is 0.119. The predicted octanol–water partition coefficient (Wildman–Crippen LogP) is 3.55. The van der Waals surface area contributed by atoms with Crippen LogP contribution in [0, 0.1) is 5.82 Å². The van der Waals surface area contributed by atoms with Crippen LogP contribution in [-0.2, 0) is 6.54 Å². The van der Waals surface area contributed by atoms with Crippen molar-refractivity contribution in [3.05, 3.63) is 34.1 Å². The van der Waals surface area contributed by atoms with Gasteiger partial charge in [0.05, 0.1) is 4.47 Å². The number of nitrogens with one attached hydrogen (secondary N) is 1. The van der Waals surface area contributed by atoms with E-state index in [0.717, 1.165) is 25.2 Å². The summed E-state index contributed by atoms with van der Waals surface area (Å²) >= 11 is 3.36. The fraction of sp³-hybridized carbons (Fsp3) is 0.600. The van der Waals surface area contributed by atoms with Gasteiger partial charge in [0.2, 0.25) is 0 Å². The Kier molecular flexibility index (Phi) is 5.37. The van der Waals surface area contributed by atoms with E-state index in [0.29, 0.717) is 16.6 Å². The fourth-order valence-corrected chi connectivity index (χ4v) is 3.12. The van der Waals surface area contributed by atoms with Crippen LogP contribution < -0.4 is 5.32 Å². The van der Waals surface area contributed by atoms with Crippen molar-refractivity contribution in [2.45, 2.75) is 45.3 Å². The molecule has 4 heteroatoms. The molecular weight excluding hydrogens is 307 g/mol. The third-order valence-electron chi connectivity index (χ3n) is 3.75. The third kappa shape index (κ3) is 3.77. The molecule has 2 unspecified atom stereocenters. The number of halogens is 2. The fourth-order valence-electron chi connectivity index (χ4n) is 2.73. The van der Waals surface area contributed by atoms with E-state index in [4.69, 9.17) is 0 Å². The minimum Gasteiger partial charge on any atom is -0.311 e. The Hall–Kier alpha value is -0.450. The first-order valence-corrected chi connectivity index (χ1v) is 7.81. The standard InChI is InChI=1S/C15H22BrFN2/c1-3-5-13-8-18-11(2)9-19(13)10-12-6-4-7-14(17)15(12)16/h4,6-7,11,13,18H,3,5,8-10H2,1-2H3. The molecule has 1 N–H and O–H groups in total. The molecule has 0 amide bonds. The van der Waals surface area contributed by atoms with Crippen LogP contribution in [0.5, 0.6) is 0 Å². The van der Waals surface area contributed by atoms with Gasteiger partial charge >= 0.3 is 0 Å². The maximum atomic E-state index is 13.6. The average Bonchev–Trinajstić information content (AvgIpc) is 2.38. The van der Waals surface area contributed by atoms with Crippen molar-refractivity contribution in [1.82, 2.24) is 10.2 Å². The van der Waals surface area contributed by atoms with Gasteiger partial charge in [0, 0.05) is 31.7 Å². The maximum absolute atomic E-state index is 13.6. The molecule has 1 aliphatic heterocycles. The van der Waals surface area contributed by atoms with Crippen molar-refractivity contribution in [2.24, 2.45) is 0 Å². The normalized spacial score (nSPS) is 24.6. The maximum Gasteiger partial charge on any atom is 0.137 e. The van der Waals surface area contributed by atoms with Crippen molar-refractivity contribution in [3.63, 3.8) is 0 Å². The van der Waals surface area contributed by atoms with Crippen LogP contribution in [0.2, 0.25) is 0 Å². The van der Waals surface area contributed by atoms with Gasteiger partial charge in [0.25, 0.3) is 0 Å². The molecule has 1 fully saturated rings. The summed E-state index contributed by atoms with van der Waals surface area (Å²) in [5.41, 5.74) is 1.04. The number of piperazine rings is 1.